The monoisotopic (exact) mass is 357 g/mol. The number of hydrogen-bond acceptors (Lipinski definition) is 1. The first kappa shape index (κ1) is 15.8. The molecule has 1 aliphatic rings. The van der Waals surface area contributed by atoms with E-state index >= 15 is 0 Å². The molecule has 0 radical (unpaired) electrons. The van der Waals surface area contributed by atoms with Crippen molar-refractivity contribution in [3.63, 3.8) is 0 Å². The molecule has 0 unspecified atom stereocenters. The van der Waals surface area contributed by atoms with Crippen LogP contribution in [0.3, 0.4) is 0 Å². The molecule has 0 bridgehead atoms. The van der Waals surface area contributed by atoms with Crippen molar-refractivity contribution in [3.8, 4) is 0 Å². The van der Waals surface area contributed by atoms with E-state index in [0.29, 0.717) is 5.92 Å². The Bertz CT molecular complexity index is 625. The Morgan fingerprint density at radius 3 is 2.59 bits per heavy atom. The van der Waals surface area contributed by atoms with Crippen LogP contribution in [0.1, 0.15) is 31.4 Å². The lowest BCUT2D eigenvalue weighted by molar-refractivity contribution is 0.105. The molecule has 1 fully saturated rings. The molecular weight excluding hydrogens is 334 g/mol. The van der Waals surface area contributed by atoms with Crippen LogP contribution in [-0.2, 0) is 12.0 Å². The van der Waals surface area contributed by atoms with E-state index in [0.717, 1.165) is 13.1 Å². The third-order valence-electron chi connectivity index (χ3n) is 5.30. The summed E-state index contributed by atoms with van der Waals surface area (Å²) >= 11 is 3.62. The van der Waals surface area contributed by atoms with E-state index in [1.807, 2.05) is 0 Å². The van der Waals surface area contributed by atoms with Crippen molar-refractivity contribution in [2.45, 2.75) is 32.2 Å². The lowest BCUT2D eigenvalue weighted by atomic mass is 9.68. The molecule has 0 spiro atoms. The van der Waals surface area contributed by atoms with Crippen LogP contribution in [0.5, 0.6) is 0 Å². The van der Waals surface area contributed by atoms with Crippen LogP contribution in [0.2, 0.25) is 0 Å². The van der Waals surface area contributed by atoms with Crippen LogP contribution in [0.15, 0.2) is 59.1 Å². The molecule has 0 saturated carbocycles. The van der Waals surface area contributed by atoms with E-state index < -0.39 is 0 Å². The van der Waals surface area contributed by atoms with Gasteiger partial charge in [-0.1, -0.05) is 72.2 Å². The molecule has 0 aromatic heterocycles. The van der Waals surface area contributed by atoms with Gasteiger partial charge in [0.05, 0.1) is 0 Å². The Balaban J connectivity index is 1.72. The SMILES string of the molecule is C[C@H]1CN(Cc2ccccc2)CC[C@]1(C)c1cccc(Br)c1. The predicted octanol–water partition coefficient (Wildman–Crippen LogP) is 5.25. The fraction of sp³-hybridized carbons (Fsp3) is 0.400. The van der Waals surface area contributed by atoms with Gasteiger partial charge in [0, 0.05) is 17.6 Å². The first-order valence-corrected chi connectivity index (χ1v) is 8.89. The standard InChI is InChI=1S/C20H24BrN/c1-16-14-22(15-17-7-4-3-5-8-17)12-11-20(16,2)18-9-6-10-19(21)13-18/h3-10,13,16H,11-12,14-15H2,1-2H3/t16-,20-/m0/s1. The first-order valence-electron chi connectivity index (χ1n) is 8.10. The molecular formula is C20H24BrN. The minimum atomic E-state index is 0.275. The zero-order chi connectivity index (χ0) is 15.6. The van der Waals surface area contributed by atoms with Crippen molar-refractivity contribution >= 4 is 15.9 Å². The van der Waals surface area contributed by atoms with Gasteiger partial charge in [0.2, 0.25) is 0 Å². The van der Waals surface area contributed by atoms with Crippen molar-refractivity contribution < 1.29 is 0 Å². The van der Waals surface area contributed by atoms with Gasteiger partial charge in [-0.25, -0.2) is 0 Å². The number of hydrogen-bond donors (Lipinski definition) is 0. The minimum absolute atomic E-state index is 0.275. The van der Waals surface area contributed by atoms with Crippen LogP contribution in [0.25, 0.3) is 0 Å². The molecule has 0 aliphatic carbocycles. The largest absolute Gasteiger partial charge is 0.299 e. The van der Waals surface area contributed by atoms with Gasteiger partial charge in [-0.3, -0.25) is 4.90 Å². The number of rotatable bonds is 3. The molecule has 0 N–H and O–H groups in total. The lowest BCUT2D eigenvalue weighted by Crippen LogP contribution is -2.46. The summed E-state index contributed by atoms with van der Waals surface area (Å²) in [5.41, 5.74) is 3.16. The molecule has 2 atom stereocenters. The van der Waals surface area contributed by atoms with E-state index in [-0.39, 0.29) is 5.41 Å². The zero-order valence-electron chi connectivity index (χ0n) is 13.4. The Morgan fingerprint density at radius 1 is 1.14 bits per heavy atom. The first-order chi connectivity index (χ1) is 10.6. The van der Waals surface area contributed by atoms with E-state index in [1.165, 1.54) is 28.6 Å². The van der Waals surface area contributed by atoms with Gasteiger partial charge >= 0.3 is 0 Å². The summed E-state index contributed by atoms with van der Waals surface area (Å²) in [5, 5.41) is 0. The van der Waals surface area contributed by atoms with E-state index in [2.05, 4.69) is 89.3 Å². The van der Waals surface area contributed by atoms with Gasteiger partial charge < -0.3 is 0 Å². The van der Waals surface area contributed by atoms with Gasteiger partial charge in [0.15, 0.2) is 0 Å². The lowest BCUT2D eigenvalue weighted by Gasteiger charge is -2.45. The van der Waals surface area contributed by atoms with Gasteiger partial charge in [0.25, 0.3) is 0 Å². The fourth-order valence-corrected chi connectivity index (χ4v) is 3.97. The van der Waals surface area contributed by atoms with E-state index in [4.69, 9.17) is 0 Å². The molecule has 2 aromatic rings. The summed E-state index contributed by atoms with van der Waals surface area (Å²) in [7, 11) is 0. The maximum atomic E-state index is 3.62. The zero-order valence-corrected chi connectivity index (χ0v) is 15.0. The maximum absolute atomic E-state index is 3.62. The highest BCUT2D eigenvalue weighted by atomic mass is 79.9. The maximum Gasteiger partial charge on any atom is 0.0233 e. The number of likely N-dealkylation sites (tertiary alicyclic amines) is 1. The Hall–Kier alpha value is -1.12. The molecule has 2 heteroatoms. The Labute approximate surface area is 142 Å². The third kappa shape index (κ3) is 3.28. The number of halogens is 1. The third-order valence-corrected chi connectivity index (χ3v) is 5.79. The van der Waals surface area contributed by atoms with E-state index in [1.54, 1.807) is 0 Å². The second-order valence-corrected chi connectivity index (χ2v) is 7.72. The molecule has 1 heterocycles. The van der Waals surface area contributed by atoms with Crippen LogP contribution in [0.4, 0.5) is 0 Å². The summed E-state index contributed by atoms with van der Waals surface area (Å²) in [6, 6.07) is 19.7. The van der Waals surface area contributed by atoms with Crippen LogP contribution < -0.4 is 0 Å². The van der Waals surface area contributed by atoms with Crippen molar-refractivity contribution in [1.29, 1.82) is 0 Å². The van der Waals surface area contributed by atoms with Crippen LogP contribution in [0, 0.1) is 5.92 Å². The highest BCUT2D eigenvalue weighted by molar-refractivity contribution is 9.10. The van der Waals surface area contributed by atoms with Gasteiger partial charge in [-0.2, -0.15) is 0 Å². The summed E-state index contributed by atoms with van der Waals surface area (Å²) in [6.45, 7) is 8.23. The minimum Gasteiger partial charge on any atom is -0.299 e. The summed E-state index contributed by atoms with van der Waals surface area (Å²) < 4.78 is 1.19. The smallest absolute Gasteiger partial charge is 0.0233 e. The molecule has 116 valence electrons. The van der Waals surface area contributed by atoms with Gasteiger partial charge in [-0.05, 0) is 47.6 Å². The van der Waals surface area contributed by atoms with Crippen molar-refractivity contribution in [2.24, 2.45) is 5.92 Å². The van der Waals surface area contributed by atoms with Crippen molar-refractivity contribution in [2.75, 3.05) is 13.1 Å². The normalized spacial score (nSPS) is 26.0. The number of benzene rings is 2. The average molecular weight is 358 g/mol. The van der Waals surface area contributed by atoms with E-state index in [9.17, 15) is 0 Å². The summed E-state index contributed by atoms with van der Waals surface area (Å²) in [6.07, 6.45) is 1.22. The second-order valence-electron chi connectivity index (χ2n) is 6.80. The summed E-state index contributed by atoms with van der Waals surface area (Å²) in [5.74, 6) is 0.652. The topological polar surface area (TPSA) is 3.24 Å². The Morgan fingerprint density at radius 2 is 1.91 bits per heavy atom. The number of nitrogens with zero attached hydrogens (tertiary/aromatic N) is 1. The van der Waals surface area contributed by atoms with Crippen LogP contribution >= 0.6 is 15.9 Å². The molecule has 3 rings (SSSR count). The highest BCUT2D eigenvalue weighted by Crippen LogP contribution is 2.40. The molecule has 2 aromatic carbocycles. The Kier molecular flexibility index (Phi) is 4.70. The van der Waals surface area contributed by atoms with Gasteiger partial charge in [0.1, 0.15) is 0 Å². The van der Waals surface area contributed by atoms with Crippen molar-refractivity contribution in [3.05, 3.63) is 70.2 Å². The average Bonchev–Trinajstić information content (AvgIpc) is 2.52. The highest BCUT2D eigenvalue weighted by Gasteiger charge is 2.37. The summed E-state index contributed by atoms with van der Waals surface area (Å²) in [4.78, 5) is 2.60. The predicted molar refractivity (Wildman–Crippen MR) is 97.0 cm³/mol. The molecule has 22 heavy (non-hydrogen) atoms. The molecule has 1 aliphatic heterocycles. The molecule has 1 saturated heterocycles. The molecule has 1 nitrogen and oxygen atoms in total. The second kappa shape index (κ2) is 6.55. The van der Waals surface area contributed by atoms with Gasteiger partial charge in [-0.15, -0.1) is 0 Å². The quantitative estimate of drug-likeness (QED) is 0.724. The van der Waals surface area contributed by atoms with Crippen LogP contribution in [-0.4, -0.2) is 18.0 Å². The van der Waals surface area contributed by atoms with Crippen molar-refractivity contribution in [1.82, 2.24) is 4.90 Å². The number of piperidine rings is 1. The fourth-order valence-electron chi connectivity index (χ4n) is 3.57. The molecule has 0 amide bonds.